The Morgan fingerprint density at radius 2 is 2.21 bits per heavy atom. The molecule has 2 rings (SSSR count). The van der Waals surface area contributed by atoms with Crippen molar-refractivity contribution in [1.82, 2.24) is 4.90 Å². The summed E-state index contributed by atoms with van der Waals surface area (Å²) >= 11 is 8.14. The minimum absolute atomic E-state index is 0.00788. The lowest BCUT2D eigenvalue weighted by Gasteiger charge is -2.31. The van der Waals surface area contributed by atoms with Crippen LogP contribution in [0.25, 0.3) is 0 Å². The van der Waals surface area contributed by atoms with Gasteiger partial charge < -0.3 is 10.0 Å². The van der Waals surface area contributed by atoms with Gasteiger partial charge in [-0.15, -0.1) is 11.3 Å². The molecule has 4 nitrogen and oxygen atoms in total. The van der Waals surface area contributed by atoms with Crippen molar-refractivity contribution in [2.75, 3.05) is 13.1 Å². The van der Waals surface area contributed by atoms with Crippen LogP contribution < -0.4 is 0 Å². The van der Waals surface area contributed by atoms with Crippen molar-refractivity contribution in [3.63, 3.8) is 0 Å². The van der Waals surface area contributed by atoms with E-state index in [9.17, 15) is 9.59 Å². The molecule has 1 aromatic rings. The van der Waals surface area contributed by atoms with E-state index < -0.39 is 5.97 Å². The first-order valence-electron chi connectivity index (χ1n) is 5.93. The first-order chi connectivity index (χ1) is 8.97. The molecular weight excluding hydrogens is 398 g/mol. The number of carbonyl (C=O) groups is 2. The average molecular weight is 411 g/mol. The van der Waals surface area contributed by atoms with Gasteiger partial charge in [-0.05, 0) is 56.7 Å². The molecule has 1 atom stereocenters. The van der Waals surface area contributed by atoms with Crippen molar-refractivity contribution >= 4 is 55.1 Å². The summed E-state index contributed by atoms with van der Waals surface area (Å²) in [4.78, 5) is 25.5. The number of rotatable bonds is 3. The van der Waals surface area contributed by atoms with Gasteiger partial charge in [0.1, 0.15) is 0 Å². The summed E-state index contributed by atoms with van der Waals surface area (Å²) in [6.07, 6.45) is 1.90. The second-order valence-electron chi connectivity index (χ2n) is 4.59. The van der Waals surface area contributed by atoms with Gasteiger partial charge in [-0.3, -0.25) is 9.59 Å². The lowest BCUT2D eigenvalue weighted by atomic mass is 9.95. The molecule has 1 aliphatic heterocycles. The molecule has 1 amide bonds. The van der Waals surface area contributed by atoms with Crippen LogP contribution in [-0.4, -0.2) is 35.0 Å². The predicted molar refractivity (Wildman–Crippen MR) is 80.6 cm³/mol. The van der Waals surface area contributed by atoms with E-state index >= 15 is 0 Å². The monoisotopic (exact) mass is 409 g/mol. The number of thiophene rings is 1. The van der Waals surface area contributed by atoms with Crippen molar-refractivity contribution in [3.8, 4) is 0 Å². The molecule has 1 fully saturated rings. The van der Waals surface area contributed by atoms with Gasteiger partial charge in [0.05, 0.1) is 8.66 Å². The zero-order chi connectivity index (χ0) is 14.0. The number of amides is 1. The molecule has 1 saturated heterocycles. The van der Waals surface area contributed by atoms with E-state index in [0.717, 1.165) is 21.1 Å². The molecule has 0 bridgehead atoms. The molecular formula is C12H13Br2NO3S. The summed E-state index contributed by atoms with van der Waals surface area (Å²) in [5.41, 5.74) is 0. The number of piperidine rings is 1. The van der Waals surface area contributed by atoms with Gasteiger partial charge >= 0.3 is 5.97 Å². The quantitative estimate of drug-likeness (QED) is 0.828. The van der Waals surface area contributed by atoms with Crippen LogP contribution in [0.5, 0.6) is 0 Å². The number of carbonyl (C=O) groups excluding carboxylic acids is 1. The van der Waals surface area contributed by atoms with Gasteiger partial charge in [0.25, 0.3) is 5.91 Å². The van der Waals surface area contributed by atoms with Crippen LogP contribution in [0, 0.1) is 5.92 Å². The number of carboxylic acids is 1. The van der Waals surface area contributed by atoms with Crippen LogP contribution in [0.3, 0.4) is 0 Å². The standard InChI is InChI=1S/C12H13Br2NO3S/c13-8-5-9(19-11(8)14)12(18)15-3-1-2-7(6-15)4-10(16)17/h5,7H,1-4,6H2,(H,16,17). The summed E-state index contributed by atoms with van der Waals surface area (Å²) in [5, 5.41) is 8.83. The van der Waals surface area contributed by atoms with E-state index in [-0.39, 0.29) is 18.2 Å². The molecule has 0 saturated carbocycles. The normalized spacial score (nSPS) is 19.5. The van der Waals surface area contributed by atoms with Gasteiger partial charge in [-0.25, -0.2) is 0 Å². The lowest BCUT2D eigenvalue weighted by Crippen LogP contribution is -2.40. The zero-order valence-corrected chi connectivity index (χ0v) is 14.1. The number of carboxylic acid groups (broad SMARTS) is 1. The molecule has 19 heavy (non-hydrogen) atoms. The fraction of sp³-hybridized carbons (Fsp3) is 0.500. The number of hydrogen-bond acceptors (Lipinski definition) is 3. The van der Waals surface area contributed by atoms with Crippen LogP contribution in [0.4, 0.5) is 0 Å². The fourth-order valence-corrected chi connectivity index (χ4v) is 4.27. The highest BCUT2D eigenvalue weighted by Gasteiger charge is 2.27. The summed E-state index contributed by atoms with van der Waals surface area (Å²) in [6.45, 7) is 1.25. The molecule has 0 aliphatic carbocycles. The van der Waals surface area contributed by atoms with Gasteiger partial charge in [-0.1, -0.05) is 0 Å². The third-order valence-corrected chi connectivity index (χ3v) is 6.37. The number of halogens is 2. The van der Waals surface area contributed by atoms with E-state index in [2.05, 4.69) is 31.9 Å². The highest BCUT2D eigenvalue weighted by atomic mass is 79.9. The third-order valence-electron chi connectivity index (χ3n) is 3.13. The van der Waals surface area contributed by atoms with Gasteiger partial charge in [0.15, 0.2) is 0 Å². The highest BCUT2D eigenvalue weighted by molar-refractivity contribution is 9.13. The minimum Gasteiger partial charge on any atom is -0.481 e. The smallest absolute Gasteiger partial charge is 0.303 e. The molecule has 104 valence electrons. The summed E-state index contributed by atoms with van der Waals surface area (Å²) < 4.78 is 1.77. The zero-order valence-electron chi connectivity index (χ0n) is 10.1. The van der Waals surface area contributed by atoms with Crippen LogP contribution in [-0.2, 0) is 4.79 Å². The summed E-state index contributed by atoms with van der Waals surface area (Å²) in [5.74, 6) is -0.727. The van der Waals surface area contributed by atoms with Crippen molar-refractivity contribution in [3.05, 3.63) is 19.2 Å². The molecule has 2 heterocycles. The van der Waals surface area contributed by atoms with Crippen molar-refractivity contribution in [1.29, 1.82) is 0 Å². The Balaban J connectivity index is 2.04. The maximum absolute atomic E-state index is 12.3. The molecule has 0 radical (unpaired) electrons. The number of nitrogens with zero attached hydrogens (tertiary/aromatic N) is 1. The molecule has 0 spiro atoms. The maximum atomic E-state index is 12.3. The second-order valence-corrected chi connectivity index (χ2v) is 7.81. The Labute approximate surface area is 132 Å². The third kappa shape index (κ3) is 3.79. The predicted octanol–water partition coefficient (Wildman–Crippen LogP) is 3.60. The Bertz CT molecular complexity index is 484. The SMILES string of the molecule is O=C(O)CC1CCCN(C(=O)c2cc(Br)c(Br)s2)C1. The highest BCUT2D eigenvalue weighted by Crippen LogP contribution is 2.33. The van der Waals surface area contributed by atoms with Crippen molar-refractivity contribution < 1.29 is 14.7 Å². The van der Waals surface area contributed by atoms with Gasteiger partial charge in [-0.2, -0.15) is 0 Å². The maximum Gasteiger partial charge on any atom is 0.303 e. The molecule has 0 aromatic carbocycles. The van der Waals surface area contributed by atoms with E-state index in [1.54, 1.807) is 11.0 Å². The van der Waals surface area contributed by atoms with Crippen LogP contribution in [0.15, 0.2) is 14.3 Å². The summed E-state index contributed by atoms with van der Waals surface area (Å²) in [7, 11) is 0. The Morgan fingerprint density at radius 1 is 1.47 bits per heavy atom. The molecule has 1 aliphatic rings. The van der Waals surface area contributed by atoms with E-state index in [1.165, 1.54) is 11.3 Å². The molecule has 7 heteroatoms. The largest absolute Gasteiger partial charge is 0.481 e. The fourth-order valence-electron chi connectivity index (χ4n) is 2.27. The topological polar surface area (TPSA) is 57.6 Å². The lowest BCUT2D eigenvalue weighted by molar-refractivity contribution is -0.138. The first kappa shape index (κ1) is 15.0. The Kier molecular flexibility index (Phi) is 5.03. The Morgan fingerprint density at radius 3 is 2.79 bits per heavy atom. The summed E-state index contributed by atoms with van der Waals surface area (Å²) in [6, 6.07) is 1.80. The van der Waals surface area contributed by atoms with E-state index in [1.807, 2.05) is 0 Å². The van der Waals surface area contributed by atoms with Gasteiger partial charge in [0, 0.05) is 24.0 Å². The number of aliphatic carboxylic acids is 1. The number of likely N-dealkylation sites (tertiary alicyclic amines) is 1. The molecule has 1 N–H and O–H groups in total. The number of hydrogen-bond donors (Lipinski definition) is 1. The van der Waals surface area contributed by atoms with Crippen molar-refractivity contribution in [2.45, 2.75) is 19.3 Å². The average Bonchev–Trinajstić information content (AvgIpc) is 2.68. The molecule has 1 unspecified atom stereocenters. The van der Waals surface area contributed by atoms with Crippen LogP contribution in [0.1, 0.15) is 28.9 Å². The van der Waals surface area contributed by atoms with Crippen LogP contribution in [0.2, 0.25) is 0 Å². The van der Waals surface area contributed by atoms with Gasteiger partial charge in [0.2, 0.25) is 0 Å². The Hall–Kier alpha value is -0.400. The van der Waals surface area contributed by atoms with Crippen molar-refractivity contribution in [2.24, 2.45) is 5.92 Å². The van der Waals surface area contributed by atoms with Crippen LogP contribution >= 0.6 is 43.2 Å². The van der Waals surface area contributed by atoms with E-state index in [4.69, 9.17) is 5.11 Å². The second kappa shape index (κ2) is 6.37. The first-order valence-corrected chi connectivity index (χ1v) is 8.33. The minimum atomic E-state index is -0.791. The molecule has 1 aromatic heterocycles. The van der Waals surface area contributed by atoms with E-state index in [0.29, 0.717) is 18.0 Å².